The number of hydrogen-bond donors (Lipinski definition) is 3. The SMILES string of the molecule is Nc1cc(Cl)c(OP(=O)(O)O)cc1Cl. The lowest BCUT2D eigenvalue weighted by Gasteiger charge is -2.09. The third kappa shape index (κ3) is 3.04. The van der Waals surface area contributed by atoms with E-state index in [9.17, 15) is 4.57 Å². The predicted molar refractivity (Wildman–Crippen MR) is 53.5 cm³/mol. The Labute approximate surface area is 89.6 Å². The zero-order valence-electron chi connectivity index (χ0n) is 6.65. The van der Waals surface area contributed by atoms with Crippen molar-refractivity contribution in [1.82, 2.24) is 0 Å². The Bertz CT molecular complexity index is 405. The lowest BCUT2D eigenvalue weighted by atomic mass is 10.3. The van der Waals surface area contributed by atoms with Crippen LogP contribution in [0.15, 0.2) is 12.1 Å². The van der Waals surface area contributed by atoms with Gasteiger partial charge < -0.3 is 10.3 Å². The van der Waals surface area contributed by atoms with Crippen molar-refractivity contribution in [2.45, 2.75) is 0 Å². The van der Waals surface area contributed by atoms with E-state index in [1.807, 2.05) is 0 Å². The van der Waals surface area contributed by atoms with Gasteiger partial charge in [0.1, 0.15) is 0 Å². The summed E-state index contributed by atoms with van der Waals surface area (Å²) in [5.74, 6) is -0.209. The highest BCUT2D eigenvalue weighted by Gasteiger charge is 2.18. The molecule has 0 saturated heterocycles. The molecule has 78 valence electrons. The van der Waals surface area contributed by atoms with Crippen LogP contribution >= 0.6 is 31.0 Å². The number of phosphoric ester groups is 1. The van der Waals surface area contributed by atoms with Crippen molar-refractivity contribution >= 4 is 36.7 Å². The van der Waals surface area contributed by atoms with Crippen molar-refractivity contribution in [3.8, 4) is 5.75 Å². The number of nitrogens with two attached hydrogens (primary N) is 1. The first-order chi connectivity index (χ1) is 6.29. The van der Waals surface area contributed by atoms with Gasteiger partial charge in [-0.15, -0.1) is 0 Å². The smallest absolute Gasteiger partial charge is 0.403 e. The Balaban J connectivity index is 3.11. The monoisotopic (exact) mass is 257 g/mol. The number of phosphoric acid groups is 1. The molecule has 14 heavy (non-hydrogen) atoms. The quantitative estimate of drug-likeness (QED) is 0.557. The topological polar surface area (TPSA) is 92.8 Å². The van der Waals surface area contributed by atoms with Gasteiger partial charge in [-0.3, -0.25) is 9.79 Å². The van der Waals surface area contributed by atoms with E-state index in [1.54, 1.807) is 0 Å². The predicted octanol–water partition coefficient (Wildman–Crippen LogP) is 2.05. The van der Waals surface area contributed by atoms with Gasteiger partial charge in [0.25, 0.3) is 0 Å². The van der Waals surface area contributed by atoms with E-state index in [2.05, 4.69) is 4.52 Å². The van der Waals surface area contributed by atoms with Crippen LogP contribution in [0.2, 0.25) is 10.0 Å². The number of benzene rings is 1. The molecule has 5 nitrogen and oxygen atoms in total. The van der Waals surface area contributed by atoms with Gasteiger partial charge in [-0.1, -0.05) is 23.2 Å². The van der Waals surface area contributed by atoms with Crippen molar-refractivity contribution in [2.75, 3.05) is 5.73 Å². The van der Waals surface area contributed by atoms with E-state index in [1.165, 1.54) is 6.07 Å². The summed E-state index contributed by atoms with van der Waals surface area (Å²) in [7, 11) is -4.63. The Morgan fingerprint density at radius 3 is 2.36 bits per heavy atom. The minimum absolute atomic E-state index is 0.0183. The molecule has 0 bridgehead atoms. The molecule has 1 aromatic carbocycles. The molecule has 0 amide bonds. The van der Waals surface area contributed by atoms with E-state index in [0.717, 1.165) is 6.07 Å². The molecule has 0 aliphatic rings. The summed E-state index contributed by atoms with van der Waals surface area (Å²) < 4.78 is 14.8. The lowest BCUT2D eigenvalue weighted by molar-refractivity contribution is 0.283. The molecule has 0 aliphatic carbocycles. The number of anilines is 1. The van der Waals surface area contributed by atoms with Crippen LogP contribution in [0.1, 0.15) is 0 Å². The van der Waals surface area contributed by atoms with Crippen LogP contribution in [0.5, 0.6) is 5.75 Å². The van der Waals surface area contributed by atoms with Crippen LogP contribution in [0.25, 0.3) is 0 Å². The van der Waals surface area contributed by atoms with Crippen molar-refractivity contribution in [3.63, 3.8) is 0 Å². The molecule has 0 heterocycles. The molecule has 4 N–H and O–H groups in total. The fraction of sp³-hybridized carbons (Fsp3) is 0. The zero-order chi connectivity index (χ0) is 10.9. The molecule has 0 aromatic heterocycles. The molecule has 0 radical (unpaired) electrons. The Morgan fingerprint density at radius 1 is 1.29 bits per heavy atom. The second-order valence-electron chi connectivity index (χ2n) is 2.39. The summed E-state index contributed by atoms with van der Waals surface area (Å²) in [6, 6.07) is 2.38. The second-order valence-corrected chi connectivity index (χ2v) is 4.36. The highest BCUT2D eigenvalue weighted by Crippen LogP contribution is 2.42. The van der Waals surface area contributed by atoms with Crippen LogP contribution < -0.4 is 10.3 Å². The van der Waals surface area contributed by atoms with E-state index < -0.39 is 7.82 Å². The van der Waals surface area contributed by atoms with Gasteiger partial charge in [0.2, 0.25) is 0 Å². The van der Waals surface area contributed by atoms with Crippen molar-refractivity contribution < 1.29 is 18.9 Å². The molecule has 0 aliphatic heterocycles. The van der Waals surface area contributed by atoms with Crippen LogP contribution in [0.3, 0.4) is 0 Å². The standard InChI is InChI=1S/C6H6Cl2NO4P/c7-3-2-6(13-14(10,11)12)4(8)1-5(3)9/h1-2H,9H2,(H2,10,11,12). The minimum atomic E-state index is -4.63. The molecule has 8 heteroatoms. The third-order valence-corrected chi connectivity index (χ3v) is 2.33. The van der Waals surface area contributed by atoms with Crippen molar-refractivity contribution in [1.29, 1.82) is 0 Å². The minimum Gasteiger partial charge on any atom is -0.403 e. The fourth-order valence-corrected chi connectivity index (χ4v) is 1.57. The molecule has 1 rings (SSSR count). The highest BCUT2D eigenvalue weighted by molar-refractivity contribution is 7.46. The highest BCUT2D eigenvalue weighted by atomic mass is 35.5. The first-order valence-electron chi connectivity index (χ1n) is 3.29. The average molecular weight is 258 g/mol. The number of nitrogen functional groups attached to an aromatic ring is 1. The first kappa shape index (κ1) is 11.6. The van der Waals surface area contributed by atoms with E-state index in [4.69, 9.17) is 38.7 Å². The molecule has 0 fully saturated rings. The van der Waals surface area contributed by atoms with Gasteiger partial charge in [0, 0.05) is 6.07 Å². The fourth-order valence-electron chi connectivity index (χ4n) is 0.742. The molecular weight excluding hydrogens is 252 g/mol. The molecule has 0 saturated carbocycles. The summed E-state index contributed by atoms with van der Waals surface area (Å²) in [4.78, 5) is 17.0. The summed E-state index contributed by atoms with van der Waals surface area (Å²) in [6.07, 6.45) is 0. The second kappa shape index (κ2) is 3.96. The van der Waals surface area contributed by atoms with Crippen LogP contribution in [0, 0.1) is 0 Å². The van der Waals surface area contributed by atoms with Crippen LogP contribution in [-0.2, 0) is 4.57 Å². The lowest BCUT2D eigenvalue weighted by Crippen LogP contribution is -1.93. The van der Waals surface area contributed by atoms with E-state index in [-0.39, 0.29) is 21.5 Å². The maximum Gasteiger partial charge on any atom is 0.524 e. The van der Waals surface area contributed by atoms with Crippen LogP contribution in [-0.4, -0.2) is 9.79 Å². The Kier molecular flexibility index (Phi) is 3.29. The van der Waals surface area contributed by atoms with Gasteiger partial charge in [-0.25, -0.2) is 4.57 Å². The maximum absolute atomic E-state index is 10.5. The number of halogens is 2. The van der Waals surface area contributed by atoms with Crippen molar-refractivity contribution in [3.05, 3.63) is 22.2 Å². The summed E-state index contributed by atoms with van der Waals surface area (Å²) >= 11 is 11.2. The molecule has 1 aromatic rings. The number of hydrogen-bond acceptors (Lipinski definition) is 3. The zero-order valence-corrected chi connectivity index (χ0v) is 9.05. The van der Waals surface area contributed by atoms with Gasteiger partial charge in [-0.2, -0.15) is 0 Å². The van der Waals surface area contributed by atoms with Gasteiger partial charge >= 0.3 is 7.82 Å². The molecule has 0 atom stereocenters. The Hall–Kier alpha value is -0.450. The maximum atomic E-state index is 10.5. The number of rotatable bonds is 2. The normalized spacial score (nSPS) is 11.4. The van der Waals surface area contributed by atoms with Crippen LogP contribution in [0.4, 0.5) is 5.69 Å². The summed E-state index contributed by atoms with van der Waals surface area (Å²) in [5, 5.41) is 0.0908. The van der Waals surface area contributed by atoms with Gasteiger partial charge in [0.05, 0.1) is 15.7 Å². The van der Waals surface area contributed by atoms with Crippen molar-refractivity contribution in [2.24, 2.45) is 0 Å². The Morgan fingerprint density at radius 2 is 1.86 bits per heavy atom. The molecule has 0 unspecified atom stereocenters. The first-order valence-corrected chi connectivity index (χ1v) is 5.58. The average Bonchev–Trinajstić information content (AvgIpc) is 1.97. The summed E-state index contributed by atoms with van der Waals surface area (Å²) in [6.45, 7) is 0. The molecular formula is C6H6Cl2NO4P. The van der Waals surface area contributed by atoms with E-state index >= 15 is 0 Å². The summed E-state index contributed by atoms with van der Waals surface area (Å²) in [5.41, 5.74) is 5.59. The third-order valence-electron chi connectivity index (χ3n) is 1.27. The van der Waals surface area contributed by atoms with E-state index in [0.29, 0.717) is 0 Å². The van der Waals surface area contributed by atoms with Gasteiger partial charge in [-0.05, 0) is 6.07 Å². The molecule has 0 spiro atoms. The largest absolute Gasteiger partial charge is 0.524 e. The van der Waals surface area contributed by atoms with Gasteiger partial charge in [0.15, 0.2) is 5.75 Å².